The van der Waals surface area contributed by atoms with Crippen LogP contribution in [0.15, 0.2) is 28.2 Å². The van der Waals surface area contributed by atoms with Crippen LogP contribution in [0.2, 0.25) is 0 Å². The van der Waals surface area contributed by atoms with E-state index in [2.05, 4.69) is 49.9 Å². The smallest absolute Gasteiger partial charge is 0.413 e. The highest BCUT2D eigenvalue weighted by Gasteiger charge is 2.43. The summed E-state index contributed by atoms with van der Waals surface area (Å²) >= 11 is 2.16. The molecule has 1 fully saturated rings. The van der Waals surface area contributed by atoms with Crippen molar-refractivity contribution in [2.75, 3.05) is 25.1 Å². The number of carbonyl (C=O) groups is 5. The first-order valence-electron chi connectivity index (χ1n) is 19.1. The highest BCUT2D eigenvalue weighted by molar-refractivity contribution is 7.14. The van der Waals surface area contributed by atoms with Gasteiger partial charge in [-0.3, -0.25) is 14.9 Å². The van der Waals surface area contributed by atoms with E-state index < -0.39 is 64.4 Å². The van der Waals surface area contributed by atoms with Gasteiger partial charge < -0.3 is 39.2 Å². The minimum atomic E-state index is -1.65. The number of pyridine rings is 1. The lowest BCUT2D eigenvalue weighted by atomic mass is 9.99. The van der Waals surface area contributed by atoms with Crippen molar-refractivity contribution in [3.05, 3.63) is 34.4 Å². The number of amides is 3. The van der Waals surface area contributed by atoms with Gasteiger partial charge in [0, 0.05) is 16.8 Å². The van der Waals surface area contributed by atoms with Gasteiger partial charge in [0.1, 0.15) is 40.2 Å². The van der Waals surface area contributed by atoms with Gasteiger partial charge in [-0.25, -0.2) is 29.3 Å². The van der Waals surface area contributed by atoms with E-state index in [1.165, 1.54) is 35.9 Å². The average Bonchev–Trinajstić information content (AvgIpc) is 3.82. The molecule has 0 aromatic carbocycles. The first kappa shape index (κ1) is 46.3. The number of unbranched alkanes of at least 4 members (excludes halogenated alkanes) is 2. The minimum Gasteiger partial charge on any atom is -0.490 e. The van der Waals surface area contributed by atoms with Crippen molar-refractivity contribution < 1.29 is 52.5 Å². The van der Waals surface area contributed by atoms with Gasteiger partial charge in [0.05, 0.1) is 25.5 Å². The maximum Gasteiger partial charge on any atom is 0.413 e. The van der Waals surface area contributed by atoms with E-state index in [0.717, 1.165) is 37.0 Å². The molecule has 1 aliphatic rings. The minimum absolute atomic E-state index is 0.0215. The zero-order valence-corrected chi connectivity index (χ0v) is 36.6. The number of esters is 2. The van der Waals surface area contributed by atoms with Crippen molar-refractivity contribution in [3.63, 3.8) is 0 Å². The summed E-state index contributed by atoms with van der Waals surface area (Å²) in [4.78, 5) is 83.5. The maximum absolute atomic E-state index is 13.7. The lowest BCUT2D eigenvalue weighted by Crippen LogP contribution is -2.71. The first-order chi connectivity index (χ1) is 27.7. The van der Waals surface area contributed by atoms with Crippen LogP contribution in [0.1, 0.15) is 111 Å². The summed E-state index contributed by atoms with van der Waals surface area (Å²) in [7, 11) is 0. The molecular formula is C39H53N7O11S2. The molecule has 4 heterocycles. The van der Waals surface area contributed by atoms with Crippen molar-refractivity contribution in [3.8, 4) is 22.2 Å². The van der Waals surface area contributed by atoms with E-state index in [-0.39, 0.29) is 23.1 Å². The maximum atomic E-state index is 13.7. The van der Waals surface area contributed by atoms with Crippen LogP contribution in [0.25, 0.3) is 10.7 Å². The third-order valence-electron chi connectivity index (χ3n) is 7.79. The Morgan fingerprint density at radius 1 is 0.864 bits per heavy atom. The average molecular weight is 860 g/mol. The van der Waals surface area contributed by atoms with E-state index >= 15 is 0 Å². The number of hydrogen-bond donors (Lipinski definition) is 3. The number of oxime groups is 1. The predicted octanol–water partition coefficient (Wildman–Crippen LogP) is 6.05. The molecule has 322 valence electrons. The van der Waals surface area contributed by atoms with Crippen LogP contribution in [-0.2, 0) is 33.4 Å². The van der Waals surface area contributed by atoms with Crippen LogP contribution in [0, 0.1) is 0 Å². The van der Waals surface area contributed by atoms with Crippen LogP contribution in [0.4, 0.5) is 9.93 Å². The Morgan fingerprint density at radius 3 is 2.14 bits per heavy atom. The third-order valence-corrected chi connectivity index (χ3v) is 9.42. The van der Waals surface area contributed by atoms with Crippen molar-refractivity contribution in [2.24, 2.45) is 5.16 Å². The number of anilines is 1. The van der Waals surface area contributed by atoms with E-state index in [1.54, 1.807) is 53.8 Å². The zero-order valence-electron chi connectivity index (χ0n) is 35.0. The molecule has 0 unspecified atom stereocenters. The van der Waals surface area contributed by atoms with Crippen molar-refractivity contribution in [1.29, 1.82) is 0 Å². The Morgan fingerprint density at radius 2 is 1.51 bits per heavy atom. The fraction of sp³-hybridized carbons (Fsp3) is 0.564. The molecule has 3 aromatic rings. The summed E-state index contributed by atoms with van der Waals surface area (Å²) < 4.78 is 28.1. The van der Waals surface area contributed by atoms with Crippen LogP contribution < -0.4 is 25.4 Å². The third kappa shape index (κ3) is 13.9. The van der Waals surface area contributed by atoms with Crippen LogP contribution >= 0.6 is 22.7 Å². The molecule has 20 heteroatoms. The number of thiazole rings is 2. The predicted molar refractivity (Wildman–Crippen MR) is 220 cm³/mol. The van der Waals surface area contributed by atoms with Crippen molar-refractivity contribution in [2.45, 2.75) is 124 Å². The van der Waals surface area contributed by atoms with E-state index in [9.17, 15) is 24.0 Å². The van der Waals surface area contributed by atoms with E-state index in [1.807, 2.05) is 0 Å². The molecule has 0 aliphatic carbocycles. The molecule has 4 rings (SSSR count). The quantitative estimate of drug-likeness (QED) is 0.0312. The van der Waals surface area contributed by atoms with Crippen LogP contribution in [0.3, 0.4) is 0 Å². The standard InChI is InChI=1S/C39H53N7O11S2/c1-11-13-15-52-26-17-22(40-18-27(26)53-16-14-12-2)32-42-25(21-58-32)33(49)54-19-23-28(30(47)41-23)44-31(48)29(46-57-39(9,10)34(50)55-37(3,4)5)24-20-59-35(43-24)45-36(51)56-38(6,7)8/h17-18,20-21,23,28H,11-16,19H2,1-10H3,(H,41,47)(H,44,48)(H,43,45,51)/b46-29-/t23-,28+/m1/s1. The van der Waals surface area contributed by atoms with Gasteiger partial charge >= 0.3 is 18.0 Å². The van der Waals surface area contributed by atoms with Gasteiger partial charge in [0.15, 0.2) is 28.0 Å². The number of nitrogens with one attached hydrogen (secondary N) is 3. The van der Waals surface area contributed by atoms with Crippen molar-refractivity contribution >= 4 is 63.4 Å². The molecule has 18 nitrogen and oxygen atoms in total. The van der Waals surface area contributed by atoms with Gasteiger partial charge in [-0.2, -0.15) is 0 Å². The summed E-state index contributed by atoms with van der Waals surface area (Å²) in [6.07, 6.45) is 4.50. The summed E-state index contributed by atoms with van der Waals surface area (Å²) in [5, 5.41) is 15.1. The highest BCUT2D eigenvalue weighted by Crippen LogP contribution is 2.33. The molecule has 0 spiro atoms. The molecule has 59 heavy (non-hydrogen) atoms. The van der Waals surface area contributed by atoms with Gasteiger partial charge in [-0.15, -0.1) is 22.7 Å². The Labute approximate surface area is 351 Å². The second-order valence-corrected chi connectivity index (χ2v) is 17.5. The SMILES string of the molecule is CCCCOc1cnc(-c2nc(C(=O)OC[C@H]3NC(=O)[C@H]3NC(=O)/C(=N\OC(C)(C)C(=O)OC(C)(C)C)c3csc(NC(=O)OC(C)(C)C)n3)cs2)cc1OCCCC. The van der Waals surface area contributed by atoms with E-state index in [4.69, 9.17) is 28.5 Å². The Balaban J connectivity index is 1.45. The lowest BCUT2D eigenvalue weighted by Gasteiger charge is -2.36. The molecule has 1 aliphatic heterocycles. The molecule has 2 atom stereocenters. The number of rotatable bonds is 19. The normalized spacial score (nSPS) is 15.6. The molecule has 3 amide bonds. The zero-order chi connectivity index (χ0) is 43.5. The van der Waals surface area contributed by atoms with Crippen molar-refractivity contribution in [1.82, 2.24) is 25.6 Å². The Hall–Kier alpha value is -5.37. The second kappa shape index (κ2) is 20.1. The topological polar surface area (TPSA) is 228 Å². The fourth-order valence-electron chi connectivity index (χ4n) is 4.73. The number of aromatic nitrogens is 3. The number of ether oxygens (including phenoxy) is 5. The second-order valence-electron chi connectivity index (χ2n) is 15.8. The van der Waals surface area contributed by atoms with Gasteiger partial charge in [-0.05, 0) is 68.2 Å². The summed E-state index contributed by atoms with van der Waals surface area (Å²) in [5.41, 5.74) is -3.23. The lowest BCUT2D eigenvalue weighted by molar-refractivity contribution is -0.179. The largest absolute Gasteiger partial charge is 0.490 e. The molecular weight excluding hydrogens is 807 g/mol. The van der Waals surface area contributed by atoms with Gasteiger partial charge in [0.2, 0.25) is 11.5 Å². The first-order valence-corrected chi connectivity index (χ1v) is 20.9. The highest BCUT2D eigenvalue weighted by atomic mass is 32.1. The number of nitrogens with zero attached hydrogens (tertiary/aromatic N) is 4. The number of β-lactam (4-membered cyclic amide) rings is 1. The summed E-state index contributed by atoms with van der Waals surface area (Å²) in [6, 6.07) is -0.247. The Bertz CT molecular complexity index is 2000. The van der Waals surface area contributed by atoms with Gasteiger partial charge in [-0.1, -0.05) is 31.8 Å². The summed E-state index contributed by atoms with van der Waals surface area (Å²) in [5.74, 6) is -1.92. The number of carbonyl (C=O) groups excluding carboxylic acids is 5. The fourth-order valence-corrected chi connectivity index (χ4v) is 6.17. The molecule has 0 bridgehead atoms. The van der Waals surface area contributed by atoms with E-state index in [0.29, 0.717) is 35.4 Å². The Kier molecular flexibility index (Phi) is 15.7. The van der Waals surface area contributed by atoms with Gasteiger partial charge in [0.25, 0.3) is 5.91 Å². The summed E-state index contributed by atoms with van der Waals surface area (Å²) in [6.45, 7) is 17.8. The molecule has 0 saturated carbocycles. The number of hydrogen-bond acceptors (Lipinski definition) is 17. The molecule has 1 saturated heterocycles. The van der Waals surface area contributed by atoms with Crippen LogP contribution in [-0.4, -0.2) is 99.2 Å². The van der Waals surface area contributed by atoms with Crippen LogP contribution in [0.5, 0.6) is 11.5 Å². The molecule has 3 N–H and O–H groups in total. The molecule has 3 aromatic heterocycles. The molecule has 0 radical (unpaired) electrons. The monoisotopic (exact) mass is 859 g/mol.